The molecule has 4 nitrogen and oxygen atoms in total. The number of aromatic amines is 1. The standard InChI is InChI=1S/C20H24N2O2/c1-3-11-9-22(2)18-8-15-14-6-12(24)4-5-17(14)21-20(15)19(22)7-13(11)16(18)10-23/h3-6,13,16,18-19,21,23H,7-10H2,1-2H3/p+1/b11-3-/t13-,16+,18-,19+,22+/m1/s1. The second-order valence-corrected chi connectivity index (χ2v) is 8.09. The zero-order valence-corrected chi connectivity index (χ0v) is 14.3. The fraction of sp³-hybridized carbons (Fsp3) is 0.500. The number of piperidine rings is 3. The maximum atomic E-state index is 10.1. The van der Waals surface area contributed by atoms with E-state index in [0.717, 1.165) is 34.8 Å². The predicted molar refractivity (Wildman–Crippen MR) is 93.7 cm³/mol. The number of H-pyrrole nitrogens is 1. The van der Waals surface area contributed by atoms with Gasteiger partial charge in [-0.05, 0) is 36.3 Å². The first kappa shape index (κ1) is 14.6. The van der Waals surface area contributed by atoms with E-state index in [-0.39, 0.29) is 6.61 Å². The lowest BCUT2D eigenvalue weighted by molar-refractivity contribution is -0.978. The van der Waals surface area contributed by atoms with Gasteiger partial charge in [0.05, 0.1) is 25.4 Å². The van der Waals surface area contributed by atoms with Crippen LogP contribution in [-0.4, -0.2) is 45.9 Å². The number of aliphatic hydroxyl groups excluding tert-OH is 1. The van der Waals surface area contributed by atoms with Crippen molar-refractivity contribution in [3.05, 3.63) is 41.1 Å². The number of quaternary nitrogens is 1. The monoisotopic (exact) mass is 325 g/mol. The van der Waals surface area contributed by atoms with E-state index in [4.69, 9.17) is 0 Å². The van der Waals surface area contributed by atoms with E-state index >= 15 is 0 Å². The zero-order valence-electron chi connectivity index (χ0n) is 14.3. The molecule has 5 heterocycles. The fourth-order valence-electron chi connectivity index (χ4n) is 6.05. The lowest BCUT2D eigenvalue weighted by Gasteiger charge is -2.62. The number of benzene rings is 1. The van der Waals surface area contributed by atoms with Crippen molar-refractivity contribution in [2.24, 2.45) is 11.8 Å². The highest BCUT2D eigenvalue weighted by Gasteiger charge is 2.61. The van der Waals surface area contributed by atoms with E-state index in [9.17, 15) is 10.2 Å². The smallest absolute Gasteiger partial charge is 0.131 e. The van der Waals surface area contributed by atoms with Crippen LogP contribution in [0.3, 0.4) is 0 Å². The average molecular weight is 325 g/mol. The molecule has 1 aromatic heterocycles. The summed E-state index contributed by atoms with van der Waals surface area (Å²) in [7, 11) is 2.38. The quantitative estimate of drug-likeness (QED) is 0.558. The van der Waals surface area contributed by atoms with Crippen LogP contribution in [0.15, 0.2) is 29.8 Å². The molecule has 24 heavy (non-hydrogen) atoms. The Balaban J connectivity index is 1.73. The first-order valence-electron chi connectivity index (χ1n) is 9.01. The molecule has 4 aliphatic rings. The third-order valence-electron chi connectivity index (χ3n) is 7.21. The number of aromatic hydroxyl groups is 1. The molecule has 0 amide bonds. The minimum absolute atomic E-state index is 0.274. The lowest BCUT2D eigenvalue weighted by atomic mass is 9.62. The molecule has 126 valence electrons. The van der Waals surface area contributed by atoms with Crippen molar-refractivity contribution in [2.45, 2.75) is 31.8 Å². The number of aliphatic hydroxyl groups is 1. The Hall–Kier alpha value is -1.78. The highest BCUT2D eigenvalue weighted by molar-refractivity contribution is 5.86. The molecule has 0 saturated carbocycles. The van der Waals surface area contributed by atoms with Crippen LogP contribution in [0.2, 0.25) is 0 Å². The molecule has 4 bridgehead atoms. The molecule has 5 atom stereocenters. The van der Waals surface area contributed by atoms with Crippen LogP contribution in [0.4, 0.5) is 0 Å². The molecule has 0 spiro atoms. The second-order valence-electron chi connectivity index (χ2n) is 8.09. The summed E-state index contributed by atoms with van der Waals surface area (Å²) in [6.45, 7) is 3.52. The summed E-state index contributed by atoms with van der Waals surface area (Å²) in [4.78, 5) is 3.67. The molecule has 0 radical (unpaired) electrons. The largest absolute Gasteiger partial charge is 0.508 e. The number of hydrogen-bond donors (Lipinski definition) is 3. The van der Waals surface area contributed by atoms with Crippen molar-refractivity contribution in [2.75, 3.05) is 20.2 Å². The Morgan fingerprint density at radius 1 is 1.38 bits per heavy atom. The van der Waals surface area contributed by atoms with Gasteiger partial charge < -0.3 is 19.7 Å². The predicted octanol–water partition coefficient (Wildman–Crippen LogP) is 2.87. The topological polar surface area (TPSA) is 56.2 Å². The Kier molecular flexibility index (Phi) is 2.82. The molecule has 0 aliphatic carbocycles. The van der Waals surface area contributed by atoms with E-state index in [1.165, 1.54) is 16.8 Å². The zero-order chi connectivity index (χ0) is 16.6. The molecule has 4 aliphatic heterocycles. The molecule has 0 unspecified atom stereocenters. The Morgan fingerprint density at radius 3 is 2.96 bits per heavy atom. The van der Waals surface area contributed by atoms with Gasteiger partial charge in [-0.2, -0.15) is 0 Å². The summed E-state index contributed by atoms with van der Waals surface area (Å²) >= 11 is 0. The number of aromatic nitrogens is 1. The normalized spacial score (nSPS) is 38.7. The first-order chi connectivity index (χ1) is 11.6. The second kappa shape index (κ2) is 4.64. The van der Waals surface area contributed by atoms with Crippen LogP contribution >= 0.6 is 0 Å². The number of allylic oxidation sites excluding steroid dienone is 1. The number of likely N-dealkylation sites (N-methyl/N-ethyl adjacent to an activating group) is 1. The molecular formula is C20H25N2O2+. The summed E-state index contributed by atoms with van der Waals surface area (Å²) in [5, 5.41) is 21.2. The number of hydrogen-bond acceptors (Lipinski definition) is 2. The van der Waals surface area contributed by atoms with E-state index in [1.54, 1.807) is 6.07 Å². The first-order valence-corrected chi connectivity index (χ1v) is 9.01. The van der Waals surface area contributed by atoms with Gasteiger partial charge in [-0.3, -0.25) is 0 Å². The Labute approximate surface area is 142 Å². The van der Waals surface area contributed by atoms with Crippen LogP contribution in [0.25, 0.3) is 10.9 Å². The molecule has 6 rings (SSSR count). The van der Waals surface area contributed by atoms with E-state index < -0.39 is 0 Å². The van der Waals surface area contributed by atoms with Crippen molar-refractivity contribution in [1.29, 1.82) is 0 Å². The average Bonchev–Trinajstić information content (AvgIpc) is 2.91. The van der Waals surface area contributed by atoms with Crippen molar-refractivity contribution >= 4 is 10.9 Å². The summed E-state index contributed by atoms with van der Waals surface area (Å²) in [6.07, 6.45) is 4.39. The highest BCUT2D eigenvalue weighted by atomic mass is 16.3. The van der Waals surface area contributed by atoms with Gasteiger partial charge >= 0.3 is 0 Å². The van der Waals surface area contributed by atoms with Gasteiger partial charge in [0.15, 0.2) is 0 Å². The van der Waals surface area contributed by atoms with Crippen molar-refractivity contribution in [1.82, 2.24) is 4.98 Å². The minimum Gasteiger partial charge on any atom is -0.508 e. The van der Waals surface area contributed by atoms with Gasteiger partial charge in [0.2, 0.25) is 0 Å². The molecule has 1 aromatic carbocycles. The van der Waals surface area contributed by atoms with Crippen molar-refractivity contribution in [3.8, 4) is 5.75 Å². The number of rotatable bonds is 1. The molecular weight excluding hydrogens is 300 g/mol. The van der Waals surface area contributed by atoms with Gasteiger partial charge in [0, 0.05) is 35.6 Å². The number of nitrogens with zero attached hydrogens (tertiary/aromatic N) is 1. The number of phenolic OH excluding ortho intramolecular Hbond substituents is 1. The van der Waals surface area contributed by atoms with Gasteiger partial charge in [-0.1, -0.05) is 6.08 Å². The number of fused-ring (bicyclic) bond motifs is 4. The number of phenols is 1. The van der Waals surface area contributed by atoms with E-state index in [0.29, 0.717) is 29.7 Å². The number of nitrogens with one attached hydrogen (secondary N) is 1. The van der Waals surface area contributed by atoms with E-state index in [2.05, 4.69) is 25.0 Å². The third-order valence-corrected chi connectivity index (χ3v) is 7.21. The maximum absolute atomic E-state index is 10.1. The molecule has 2 aromatic rings. The summed E-state index contributed by atoms with van der Waals surface area (Å²) in [6, 6.07) is 6.58. The molecule has 4 heteroatoms. The van der Waals surface area contributed by atoms with Gasteiger partial charge in [-0.15, -0.1) is 0 Å². The molecule has 3 fully saturated rings. The molecule has 3 saturated heterocycles. The van der Waals surface area contributed by atoms with Crippen molar-refractivity contribution < 1.29 is 14.7 Å². The van der Waals surface area contributed by atoms with Crippen LogP contribution in [-0.2, 0) is 6.42 Å². The highest BCUT2D eigenvalue weighted by Crippen LogP contribution is 2.57. The minimum atomic E-state index is 0.274. The van der Waals surface area contributed by atoms with Gasteiger partial charge in [0.1, 0.15) is 18.3 Å². The lowest BCUT2D eigenvalue weighted by Crippen LogP contribution is -2.70. The van der Waals surface area contributed by atoms with Crippen LogP contribution in [0, 0.1) is 11.8 Å². The van der Waals surface area contributed by atoms with Gasteiger partial charge in [-0.25, -0.2) is 0 Å². The summed E-state index contributed by atoms with van der Waals surface area (Å²) in [5.74, 6) is 1.20. The summed E-state index contributed by atoms with van der Waals surface area (Å²) < 4.78 is 1.02. The van der Waals surface area contributed by atoms with Crippen LogP contribution in [0.1, 0.15) is 30.6 Å². The Morgan fingerprint density at radius 2 is 2.21 bits per heavy atom. The molecule has 3 N–H and O–H groups in total. The Bertz CT molecular complexity index is 868. The van der Waals surface area contributed by atoms with Crippen LogP contribution in [0.5, 0.6) is 5.75 Å². The van der Waals surface area contributed by atoms with E-state index in [1.807, 2.05) is 12.1 Å². The fourth-order valence-corrected chi connectivity index (χ4v) is 6.05. The maximum Gasteiger partial charge on any atom is 0.131 e. The van der Waals surface area contributed by atoms with Crippen LogP contribution < -0.4 is 0 Å². The third kappa shape index (κ3) is 1.60. The van der Waals surface area contributed by atoms with Crippen molar-refractivity contribution in [3.63, 3.8) is 0 Å². The van der Waals surface area contributed by atoms with Gasteiger partial charge in [0.25, 0.3) is 0 Å². The SMILES string of the molecule is C/C=C1/C[N@@+]2(C)[C@@H]3Cc4c([nH]c5ccc(O)cc45)[C@@H]2C[C@H]1[C@@H]3CO. The summed E-state index contributed by atoms with van der Waals surface area (Å²) in [5.41, 5.74) is 5.39.